The van der Waals surface area contributed by atoms with Crippen LogP contribution >= 0.6 is 0 Å². The number of carboxylic acids is 1. The highest BCUT2D eigenvalue weighted by atomic mass is 16.7. The van der Waals surface area contributed by atoms with Gasteiger partial charge in [0.25, 0.3) is 0 Å². The molecule has 0 radical (unpaired) electrons. The van der Waals surface area contributed by atoms with Crippen molar-refractivity contribution in [3.63, 3.8) is 0 Å². The van der Waals surface area contributed by atoms with Gasteiger partial charge in [0.05, 0.1) is 5.56 Å². The average molecular weight is 520 g/mol. The number of phenols is 3. The van der Waals surface area contributed by atoms with Crippen molar-refractivity contribution in [2.24, 2.45) is 0 Å². The van der Waals surface area contributed by atoms with Crippen molar-refractivity contribution in [1.29, 1.82) is 0 Å². The summed E-state index contributed by atoms with van der Waals surface area (Å²) in [4.78, 5) is 22.2. The van der Waals surface area contributed by atoms with Crippen molar-refractivity contribution in [2.75, 3.05) is 6.61 Å². The van der Waals surface area contributed by atoms with Gasteiger partial charge in [-0.05, 0) is 18.2 Å². The number of aliphatic hydroxyl groups is 3. The second kappa shape index (κ2) is 10.5. The molecule has 1 saturated heterocycles. The second-order valence-corrected chi connectivity index (χ2v) is 8.40. The summed E-state index contributed by atoms with van der Waals surface area (Å²) >= 11 is 0. The lowest BCUT2D eigenvalue weighted by molar-refractivity contribution is -0.294. The number of benzene rings is 2. The average Bonchev–Trinajstić information content (AvgIpc) is 2.83. The lowest BCUT2D eigenvalue weighted by Gasteiger charge is -2.41. The number of ether oxygens (including phenoxy) is 4. The van der Waals surface area contributed by atoms with Gasteiger partial charge in [-0.25, -0.2) is 0 Å². The summed E-state index contributed by atoms with van der Waals surface area (Å²) in [6.45, 7) is -0.642. The maximum Gasteiger partial charge on any atom is 0.317 e. The van der Waals surface area contributed by atoms with Crippen LogP contribution in [0.1, 0.15) is 23.7 Å². The summed E-state index contributed by atoms with van der Waals surface area (Å²) in [6, 6.07) is 8.16. The predicted octanol–water partition coefficient (Wildman–Crippen LogP) is 0.120. The summed E-state index contributed by atoms with van der Waals surface area (Å²) in [5.74, 6) is -3.07. The number of hydrogen-bond acceptors (Lipinski definition) is 12. The Bertz CT molecular complexity index is 1190. The molecule has 198 valence electrons. The number of esters is 1. The number of aliphatic carboxylic acids is 1. The minimum atomic E-state index is -1.79. The van der Waals surface area contributed by atoms with E-state index in [1.54, 1.807) is 0 Å². The molecular weight excluding hydrogens is 496 g/mol. The van der Waals surface area contributed by atoms with Gasteiger partial charge in [0.15, 0.2) is 6.10 Å². The van der Waals surface area contributed by atoms with Crippen LogP contribution in [-0.4, -0.2) is 85.0 Å². The fourth-order valence-electron chi connectivity index (χ4n) is 3.86. The van der Waals surface area contributed by atoms with Gasteiger partial charge in [-0.3, -0.25) is 9.59 Å². The molecule has 13 nitrogen and oxygen atoms in total. The van der Waals surface area contributed by atoms with Crippen LogP contribution in [0.5, 0.6) is 23.0 Å². The Balaban J connectivity index is 1.61. The molecule has 7 N–H and O–H groups in total. The number of rotatable bonds is 7. The van der Waals surface area contributed by atoms with Gasteiger partial charge in [-0.15, -0.1) is 0 Å². The quantitative estimate of drug-likeness (QED) is 0.191. The molecule has 0 aliphatic carbocycles. The summed E-state index contributed by atoms with van der Waals surface area (Å²) in [5, 5.41) is 69.5. The topological polar surface area (TPSA) is 213 Å². The van der Waals surface area contributed by atoms with E-state index in [9.17, 15) is 40.2 Å². The van der Waals surface area contributed by atoms with Crippen molar-refractivity contribution in [3.05, 3.63) is 53.3 Å². The number of carboxylic acid groups (broad SMARTS) is 1. The minimum Gasteiger partial charge on any atom is -0.508 e. The van der Waals surface area contributed by atoms with Gasteiger partial charge in [-0.1, -0.05) is 12.1 Å². The highest BCUT2D eigenvalue weighted by molar-refractivity contribution is 5.90. The van der Waals surface area contributed by atoms with Gasteiger partial charge >= 0.3 is 11.9 Å². The first-order valence-electron chi connectivity index (χ1n) is 11.0. The van der Waals surface area contributed by atoms with Gasteiger partial charge in [-0.2, -0.15) is 0 Å². The van der Waals surface area contributed by atoms with E-state index in [-0.39, 0.29) is 34.3 Å². The molecule has 1 unspecified atom stereocenters. The van der Waals surface area contributed by atoms with E-state index in [0.29, 0.717) is 5.56 Å². The number of phenolic OH excluding ortho intramolecular Hbond substituents is 3. The molecule has 4 rings (SSSR count). The first-order chi connectivity index (χ1) is 17.5. The van der Waals surface area contributed by atoms with E-state index in [4.69, 9.17) is 24.1 Å². The summed E-state index contributed by atoms with van der Waals surface area (Å²) in [5.41, 5.74) is 0.593. The molecule has 6 atom stereocenters. The third-order valence-electron chi connectivity index (χ3n) is 5.72. The van der Waals surface area contributed by atoms with Gasteiger partial charge in [0.2, 0.25) is 6.29 Å². The van der Waals surface area contributed by atoms with Crippen LogP contribution in [0.15, 0.2) is 42.2 Å². The first kappa shape index (κ1) is 26.0. The number of aliphatic hydroxyl groups excluding tert-OH is 3. The van der Waals surface area contributed by atoms with Crippen molar-refractivity contribution < 1.29 is 64.3 Å². The molecule has 0 spiro atoms. The van der Waals surface area contributed by atoms with Crippen molar-refractivity contribution in [3.8, 4) is 23.0 Å². The van der Waals surface area contributed by atoms with Crippen LogP contribution in [0, 0.1) is 0 Å². The fraction of sp³-hybridized carbons (Fsp3) is 0.333. The van der Waals surface area contributed by atoms with E-state index in [2.05, 4.69) is 0 Å². The van der Waals surface area contributed by atoms with Crippen molar-refractivity contribution in [1.82, 2.24) is 0 Å². The fourth-order valence-corrected chi connectivity index (χ4v) is 3.86. The Morgan fingerprint density at radius 2 is 1.62 bits per heavy atom. The number of hydrogen-bond donors (Lipinski definition) is 7. The third kappa shape index (κ3) is 5.70. The standard InChI is InChI=1S/C24H24O13/c25-11-3-1-10(2-4-11)23-16(7-13-14(27)5-12(26)6-15(13)35-23)36-24-22(33)21(32)20(31)17(37-24)9-34-19(30)8-18(28)29/h1-7,17,20-27,31-33H,8-9H2,(H,28,29)/t17-,20-,21+,22-,23?,24-/m1/s1. The number of fused-ring (bicyclic) bond motifs is 1. The van der Waals surface area contributed by atoms with Gasteiger partial charge < -0.3 is 54.7 Å². The molecular formula is C24H24O13. The molecule has 37 heavy (non-hydrogen) atoms. The molecule has 0 bridgehead atoms. The highest BCUT2D eigenvalue weighted by Crippen LogP contribution is 2.44. The maximum absolute atomic E-state index is 11.6. The normalized spacial score (nSPS) is 26.8. The monoisotopic (exact) mass is 520 g/mol. The Kier molecular flexibility index (Phi) is 7.40. The lowest BCUT2D eigenvalue weighted by atomic mass is 9.98. The molecule has 2 aliphatic rings. The van der Waals surface area contributed by atoms with Crippen LogP contribution in [0.3, 0.4) is 0 Å². The molecule has 2 heterocycles. The molecule has 0 aromatic heterocycles. The molecule has 2 aromatic carbocycles. The predicted molar refractivity (Wildman–Crippen MR) is 120 cm³/mol. The van der Waals surface area contributed by atoms with Crippen LogP contribution < -0.4 is 4.74 Å². The van der Waals surface area contributed by atoms with Crippen molar-refractivity contribution >= 4 is 18.0 Å². The van der Waals surface area contributed by atoms with Crippen molar-refractivity contribution in [2.45, 2.75) is 43.2 Å². The molecule has 0 amide bonds. The third-order valence-corrected chi connectivity index (χ3v) is 5.72. The van der Waals surface area contributed by atoms with Crippen LogP contribution in [-0.2, 0) is 23.8 Å². The van der Waals surface area contributed by atoms with E-state index in [0.717, 1.165) is 6.07 Å². The second-order valence-electron chi connectivity index (χ2n) is 8.40. The Hall–Kier alpha value is -4.04. The zero-order valence-electron chi connectivity index (χ0n) is 19.0. The number of aromatic hydroxyl groups is 3. The molecule has 2 aliphatic heterocycles. The van der Waals surface area contributed by atoms with Crippen LogP contribution in [0.2, 0.25) is 0 Å². The Labute approximate surface area is 209 Å². The molecule has 0 saturated carbocycles. The zero-order valence-corrected chi connectivity index (χ0v) is 19.0. The zero-order chi connectivity index (χ0) is 26.9. The smallest absolute Gasteiger partial charge is 0.317 e. The van der Waals surface area contributed by atoms with Crippen LogP contribution in [0.25, 0.3) is 6.08 Å². The lowest BCUT2D eigenvalue weighted by Crippen LogP contribution is -2.59. The van der Waals surface area contributed by atoms with E-state index in [1.807, 2.05) is 0 Å². The maximum atomic E-state index is 11.6. The van der Waals surface area contributed by atoms with E-state index in [1.165, 1.54) is 36.4 Å². The number of carbonyl (C=O) groups excluding carboxylic acids is 1. The largest absolute Gasteiger partial charge is 0.508 e. The Morgan fingerprint density at radius 1 is 0.919 bits per heavy atom. The SMILES string of the molecule is O=C(O)CC(=O)OC[C@H]1O[C@@H](OC2=Cc3c(O)cc(O)cc3OC2c2ccc(O)cc2)[C@H](O)[C@@H](O)[C@@H]1O. The Morgan fingerprint density at radius 3 is 2.30 bits per heavy atom. The number of carbonyl (C=O) groups is 2. The van der Waals surface area contributed by atoms with E-state index < -0.39 is 61.8 Å². The van der Waals surface area contributed by atoms with Gasteiger partial charge in [0.1, 0.15) is 66.2 Å². The summed E-state index contributed by atoms with van der Waals surface area (Å²) in [6.07, 6.45) is -8.89. The van der Waals surface area contributed by atoms with Crippen LogP contribution in [0.4, 0.5) is 0 Å². The molecule has 1 fully saturated rings. The van der Waals surface area contributed by atoms with E-state index >= 15 is 0 Å². The minimum absolute atomic E-state index is 0.0200. The summed E-state index contributed by atoms with van der Waals surface area (Å²) < 4.78 is 22.1. The molecule has 2 aromatic rings. The van der Waals surface area contributed by atoms with Gasteiger partial charge in [0, 0.05) is 17.7 Å². The molecule has 13 heteroatoms. The first-order valence-corrected chi connectivity index (χ1v) is 11.0. The summed E-state index contributed by atoms with van der Waals surface area (Å²) in [7, 11) is 0. The highest BCUT2D eigenvalue weighted by Gasteiger charge is 2.46.